The Balaban J connectivity index is 0.000000196. The first-order chi connectivity index (χ1) is 17.9. The predicted octanol–water partition coefficient (Wildman–Crippen LogP) is 4.73. The summed E-state index contributed by atoms with van der Waals surface area (Å²) in [5, 5.41) is 8.31. The highest BCUT2D eigenvalue weighted by Gasteiger charge is 2.60. The number of piperazine rings is 1. The van der Waals surface area contributed by atoms with E-state index in [1.807, 2.05) is 18.9 Å². The number of esters is 1. The van der Waals surface area contributed by atoms with E-state index in [2.05, 4.69) is 30.4 Å². The van der Waals surface area contributed by atoms with Crippen LogP contribution in [0.5, 0.6) is 0 Å². The van der Waals surface area contributed by atoms with Gasteiger partial charge in [-0.2, -0.15) is 0 Å². The second-order valence-corrected chi connectivity index (χ2v) is 14.0. The number of ketones is 1. The summed E-state index contributed by atoms with van der Waals surface area (Å²) in [7, 11) is 2.03. The van der Waals surface area contributed by atoms with Crippen molar-refractivity contribution in [3.63, 3.8) is 0 Å². The first kappa shape index (κ1) is 29.5. The molecule has 0 aromatic rings. The average molecular weight is 533 g/mol. The molecule has 0 bridgehead atoms. The molecule has 38 heavy (non-hydrogen) atoms. The Kier molecular flexibility index (Phi) is 9.28. The van der Waals surface area contributed by atoms with Gasteiger partial charge < -0.3 is 14.7 Å². The maximum Gasteiger partial charge on any atom is 0.341 e. The van der Waals surface area contributed by atoms with Crippen molar-refractivity contribution in [1.82, 2.24) is 9.80 Å². The summed E-state index contributed by atoms with van der Waals surface area (Å²) in [5.41, 5.74) is 0.948. The van der Waals surface area contributed by atoms with Crippen LogP contribution < -0.4 is 0 Å². The second-order valence-electron chi connectivity index (χ2n) is 14.0. The quantitative estimate of drug-likeness (QED) is 0.512. The summed E-state index contributed by atoms with van der Waals surface area (Å²) in [6.07, 6.45) is 12.6. The van der Waals surface area contributed by atoms with Gasteiger partial charge in [0.25, 0.3) is 0 Å². The minimum Gasteiger partial charge on any atom is -0.479 e. The molecule has 1 N–H and O–H groups in total. The monoisotopic (exact) mass is 532 g/mol. The largest absolute Gasteiger partial charge is 0.479 e. The fourth-order valence-corrected chi connectivity index (χ4v) is 9.52. The summed E-state index contributed by atoms with van der Waals surface area (Å²) in [5.74, 6) is 3.90. The van der Waals surface area contributed by atoms with Crippen LogP contribution in [-0.2, 0) is 19.1 Å². The number of ether oxygens (including phenoxy) is 1. The molecule has 0 spiro atoms. The van der Waals surface area contributed by atoms with Crippen molar-refractivity contribution in [2.75, 3.05) is 46.4 Å². The van der Waals surface area contributed by atoms with E-state index in [9.17, 15) is 14.4 Å². The smallest absolute Gasteiger partial charge is 0.341 e. The van der Waals surface area contributed by atoms with Crippen LogP contribution in [0.3, 0.4) is 0 Å². The first-order valence-electron chi connectivity index (χ1n) is 15.2. The van der Waals surface area contributed by atoms with Gasteiger partial charge in [0, 0.05) is 32.1 Å². The van der Waals surface area contributed by atoms with Crippen LogP contribution in [0, 0.1) is 46.3 Å². The summed E-state index contributed by atoms with van der Waals surface area (Å²) < 4.78 is 4.54. The molecular weight excluding hydrogens is 480 g/mol. The average Bonchev–Trinajstić information content (AvgIpc) is 3.22. The van der Waals surface area contributed by atoms with Gasteiger partial charge in [-0.05, 0) is 106 Å². The van der Waals surface area contributed by atoms with Gasteiger partial charge in [0.1, 0.15) is 5.78 Å². The molecule has 0 aromatic carbocycles. The van der Waals surface area contributed by atoms with Crippen LogP contribution in [0.1, 0.15) is 85.5 Å². The van der Waals surface area contributed by atoms with Crippen LogP contribution in [0.25, 0.3) is 0 Å². The number of hydrogen-bond donors (Lipinski definition) is 1. The molecule has 4 aliphatic carbocycles. The third-order valence-electron chi connectivity index (χ3n) is 11.7. The highest BCUT2D eigenvalue weighted by molar-refractivity contribution is 5.79. The van der Waals surface area contributed by atoms with Crippen molar-refractivity contribution in [1.29, 1.82) is 0 Å². The zero-order valence-electron chi connectivity index (χ0n) is 24.5. The fourth-order valence-electron chi connectivity index (χ4n) is 9.52. The minimum absolute atomic E-state index is 0.182. The minimum atomic E-state index is -1.12. The van der Waals surface area contributed by atoms with E-state index >= 15 is 0 Å². The lowest BCUT2D eigenvalue weighted by atomic mass is 9.44. The SMILES string of the molecule is CC(=O)C1CCC2C3CCC4CC(C)CCC4(C)C3CCC12C.CN1CCN(CC(=O)OCC(=O)O)CC1. The molecular formula is C31H52N2O5. The Bertz CT molecular complexity index is 870. The lowest BCUT2D eigenvalue weighted by Gasteiger charge is -2.61. The Hall–Kier alpha value is -1.47. The summed E-state index contributed by atoms with van der Waals surface area (Å²) >= 11 is 0. The number of fused-ring (bicyclic) bond motifs is 5. The molecule has 8 atom stereocenters. The molecule has 1 heterocycles. The molecule has 216 valence electrons. The molecule has 0 aromatic heterocycles. The second kappa shape index (κ2) is 12.0. The van der Waals surface area contributed by atoms with Crippen LogP contribution in [0.2, 0.25) is 0 Å². The van der Waals surface area contributed by atoms with E-state index in [-0.39, 0.29) is 6.54 Å². The molecule has 5 rings (SSSR count). The van der Waals surface area contributed by atoms with Gasteiger partial charge in [-0.1, -0.05) is 27.2 Å². The van der Waals surface area contributed by atoms with E-state index in [1.54, 1.807) is 0 Å². The van der Waals surface area contributed by atoms with Gasteiger partial charge in [0.2, 0.25) is 0 Å². The van der Waals surface area contributed by atoms with Crippen LogP contribution in [-0.4, -0.2) is 79.0 Å². The molecule has 5 fully saturated rings. The van der Waals surface area contributed by atoms with Crippen LogP contribution in [0.15, 0.2) is 0 Å². The van der Waals surface area contributed by atoms with Crippen molar-refractivity contribution in [3.05, 3.63) is 0 Å². The van der Waals surface area contributed by atoms with E-state index in [1.165, 1.54) is 57.8 Å². The van der Waals surface area contributed by atoms with Crippen LogP contribution in [0.4, 0.5) is 0 Å². The number of carboxylic acids is 1. The Morgan fingerprint density at radius 2 is 1.55 bits per heavy atom. The number of nitrogens with zero attached hydrogens (tertiary/aromatic N) is 2. The van der Waals surface area contributed by atoms with Gasteiger partial charge in [-0.25, -0.2) is 4.79 Å². The van der Waals surface area contributed by atoms with Gasteiger partial charge >= 0.3 is 11.9 Å². The normalized spacial score (nSPS) is 41.1. The molecule has 7 heteroatoms. The molecule has 0 radical (unpaired) electrons. The maximum absolute atomic E-state index is 12.2. The summed E-state index contributed by atoms with van der Waals surface area (Å²) in [6.45, 7) is 12.6. The van der Waals surface area contributed by atoms with Gasteiger partial charge in [0.05, 0.1) is 6.54 Å². The molecule has 8 unspecified atom stereocenters. The lowest BCUT2D eigenvalue weighted by molar-refractivity contribution is -0.156. The Labute approximate surface area is 230 Å². The van der Waals surface area contributed by atoms with Crippen molar-refractivity contribution in [2.45, 2.75) is 85.5 Å². The van der Waals surface area contributed by atoms with Gasteiger partial charge in [-0.15, -0.1) is 0 Å². The Morgan fingerprint density at radius 1 is 0.895 bits per heavy atom. The van der Waals surface area contributed by atoms with E-state index in [0.29, 0.717) is 22.5 Å². The number of likely N-dealkylation sites (N-methyl/N-ethyl adjacent to an activating group) is 1. The number of aliphatic carboxylic acids is 1. The predicted molar refractivity (Wildman–Crippen MR) is 148 cm³/mol. The van der Waals surface area contributed by atoms with Crippen molar-refractivity contribution < 1.29 is 24.2 Å². The Morgan fingerprint density at radius 3 is 2.21 bits per heavy atom. The number of rotatable bonds is 5. The van der Waals surface area contributed by atoms with Crippen molar-refractivity contribution in [3.8, 4) is 0 Å². The van der Waals surface area contributed by atoms with E-state index < -0.39 is 18.5 Å². The van der Waals surface area contributed by atoms with Crippen molar-refractivity contribution >= 4 is 17.7 Å². The third kappa shape index (κ3) is 6.14. The summed E-state index contributed by atoms with van der Waals surface area (Å²) in [4.78, 5) is 37.6. The highest BCUT2D eigenvalue weighted by atomic mass is 16.5. The standard InChI is InChI=1S/C22H36O.C9H16N2O4/c1-14-9-11-21(3)16(13-14)5-6-17-19-8-7-18(15(2)23)22(19,4)12-10-20(17)21;1-10-2-4-11(5-3-10)6-9(14)15-7-8(12)13/h14,16-20H,5-13H2,1-4H3;2-7H2,1H3,(H,12,13). The number of hydrogen-bond acceptors (Lipinski definition) is 6. The first-order valence-corrected chi connectivity index (χ1v) is 15.2. The number of carbonyl (C=O) groups excluding carboxylic acids is 2. The molecule has 7 nitrogen and oxygen atoms in total. The molecule has 1 saturated heterocycles. The number of carboxylic acid groups (broad SMARTS) is 1. The molecule has 4 saturated carbocycles. The molecule has 5 aliphatic rings. The lowest BCUT2D eigenvalue weighted by Crippen LogP contribution is -2.53. The third-order valence-corrected chi connectivity index (χ3v) is 11.7. The highest BCUT2D eigenvalue weighted by Crippen LogP contribution is 2.67. The summed E-state index contributed by atoms with van der Waals surface area (Å²) in [6, 6.07) is 0. The fraction of sp³-hybridized carbons (Fsp3) is 0.903. The van der Waals surface area contributed by atoms with E-state index in [4.69, 9.17) is 5.11 Å². The van der Waals surface area contributed by atoms with Gasteiger partial charge in [-0.3, -0.25) is 14.5 Å². The zero-order valence-corrected chi connectivity index (χ0v) is 24.5. The van der Waals surface area contributed by atoms with Gasteiger partial charge in [0.15, 0.2) is 6.61 Å². The topological polar surface area (TPSA) is 87.2 Å². The van der Waals surface area contributed by atoms with Crippen molar-refractivity contribution in [2.24, 2.45) is 46.3 Å². The van der Waals surface area contributed by atoms with Crippen LogP contribution >= 0.6 is 0 Å². The number of Topliss-reactive ketones (excluding diaryl/α,β-unsaturated/α-hetero) is 1. The maximum atomic E-state index is 12.2. The molecule has 0 amide bonds. The molecule has 1 aliphatic heterocycles. The van der Waals surface area contributed by atoms with E-state index in [0.717, 1.165) is 55.8 Å². The number of carbonyl (C=O) groups is 3. The zero-order chi connectivity index (χ0) is 27.7.